The Labute approximate surface area is 205 Å². The van der Waals surface area contributed by atoms with E-state index in [-0.39, 0.29) is 17.8 Å². The van der Waals surface area contributed by atoms with Crippen LogP contribution in [0.5, 0.6) is 11.5 Å². The summed E-state index contributed by atoms with van der Waals surface area (Å²) in [5.74, 6) is -2.28. The van der Waals surface area contributed by atoms with Crippen molar-refractivity contribution in [1.29, 1.82) is 0 Å². The number of dihydropyridines is 1. The Morgan fingerprint density at radius 2 is 1.77 bits per heavy atom. The number of benzene rings is 1. The van der Waals surface area contributed by atoms with E-state index in [1.807, 2.05) is 13.8 Å². The monoisotopic (exact) mass is 483 g/mol. The van der Waals surface area contributed by atoms with Crippen LogP contribution >= 0.6 is 0 Å². The van der Waals surface area contributed by atoms with Crippen LogP contribution in [-0.2, 0) is 23.9 Å². The van der Waals surface area contributed by atoms with E-state index in [4.69, 9.17) is 18.9 Å². The lowest BCUT2D eigenvalue weighted by Crippen LogP contribution is -2.43. The van der Waals surface area contributed by atoms with Gasteiger partial charge in [0.25, 0.3) is 0 Å². The summed E-state index contributed by atoms with van der Waals surface area (Å²) in [6, 6.07) is 5.29. The molecule has 0 aromatic heterocycles. The number of nitrogens with one attached hydrogen (secondary N) is 1. The summed E-state index contributed by atoms with van der Waals surface area (Å²) in [4.78, 5) is 40.0. The molecule has 0 saturated heterocycles. The Hall–Kier alpha value is -3.29. The fraction of sp³-hybridized carbons (Fsp3) is 0.519. The standard InChI is InChI=1S/C27H33NO7/c1-14-12-19-24(25(29)21(14)26(30)34-5)23(18-11-10-17(32-3)13-20(18)33-4)22(15(2)28-19)27(31)35-16-8-6-7-9-16/h10-11,13-14,16,21,23,28H,6-9,12H2,1-5H3/t14-,21-,23-/m0/s1. The van der Waals surface area contributed by atoms with Gasteiger partial charge in [-0.3, -0.25) is 9.59 Å². The van der Waals surface area contributed by atoms with Crippen molar-refractivity contribution in [2.45, 2.75) is 58.0 Å². The summed E-state index contributed by atoms with van der Waals surface area (Å²) < 4.78 is 21.9. The minimum atomic E-state index is -0.946. The normalized spacial score (nSPS) is 24.6. The Kier molecular flexibility index (Phi) is 7.19. The maximum atomic E-state index is 13.9. The van der Waals surface area contributed by atoms with Gasteiger partial charge in [0.05, 0.1) is 32.8 Å². The van der Waals surface area contributed by atoms with Gasteiger partial charge in [0.15, 0.2) is 5.78 Å². The summed E-state index contributed by atoms with van der Waals surface area (Å²) in [6.07, 6.45) is 4.04. The molecule has 2 aliphatic carbocycles. The molecule has 0 spiro atoms. The Balaban J connectivity index is 1.86. The number of hydrogen-bond donors (Lipinski definition) is 1. The summed E-state index contributed by atoms with van der Waals surface area (Å²) in [5, 5.41) is 3.29. The van der Waals surface area contributed by atoms with Crippen molar-refractivity contribution in [3.05, 3.63) is 46.3 Å². The molecule has 4 rings (SSSR count). The van der Waals surface area contributed by atoms with Crippen LogP contribution in [0.25, 0.3) is 0 Å². The quantitative estimate of drug-likeness (QED) is 0.482. The van der Waals surface area contributed by atoms with E-state index in [9.17, 15) is 14.4 Å². The second-order valence-electron chi connectivity index (χ2n) is 9.46. The maximum Gasteiger partial charge on any atom is 0.337 e. The highest BCUT2D eigenvalue weighted by Gasteiger charge is 2.48. The molecule has 1 aliphatic heterocycles. The molecule has 0 radical (unpaired) electrons. The molecule has 3 atom stereocenters. The van der Waals surface area contributed by atoms with Gasteiger partial charge in [0.2, 0.25) is 0 Å². The summed E-state index contributed by atoms with van der Waals surface area (Å²) in [7, 11) is 4.37. The van der Waals surface area contributed by atoms with Crippen molar-refractivity contribution in [2.24, 2.45) is 11.8 Å². The molecule has 1 fully saturated rings. The second kappa shape index (κ2) is 10.1. The van der Waals surface area contributed by atoms with E-state index in [2.05, 4.69) is 5.32 Å². The van der Waals surface area contributed by atoms with Gasteiger partial charge in [-0.15, -0.1) is 0 Å². The molecular weight excluding hydrogens is 450 g/mol. The van der Waals surface area contributed by atoms with Gasteiger partial charge in [0, 0.05) is 28.6 Å². The lowest BCUT2D eigenvalue weighted by atomic mass is 9.69. The number of hydrogen-bond acceptors (Lipinski definition) is 8. The first-order valence-electron chi connectivity index (χ1n) is 12.1. The second-order valence-corrected chi connectivity index (χ2v) is 9.46. The lowest BCUT2D eigenvalue weighted by Gasteiger charge is -2.38. The number of ketones is 1. The Bertz CT molecular complexity index is 1100. The SMILES string of the molecule is COC(=O)[C@@H]1C(=O)C2=C(C[C@@H]1C)NC(C)=C(C(=O)OC1CCCC1)[C@@H]2c1ccc(OC)cc1OC. The zero-order valence-electron chi connectivity index (χ0n) is 20.9. The first-order valence-corrected chi connectivity index (χ1v) is 12.1. The average Bonchev–Trinajstić information content (AvgIpc) is 3.35. The van der Waals surface area contributed by atoms with Gasteiger partial charge < -0.3 is 24.3 Å². The highest BCUT2D eigenvalue weighted by atomic mass is 16.5. The van der Waals surface area contributed by atoms with Gasteiger partial charge in [-0.25, -0.2) is 4.79 Å². The van der Waals surface area contributed by atoms with Crippen molar-refractivity contribution in [3.63, 3.8) is 0 Å². The number of carbonyl (C=O) groups excluding carboxylic acids is 3. The number of allylic oxidation sites excluding steroid dienone is 3. The zero-order valence-corrected chi connectivity index (χ0v) is 20.9. The number of ether oxygens (including phenoxy) is 4. The molecular formula is C27H33NO7. The number of methoxy groups -OCH3 is 3. The van der Waals surface area contributed by atoms with Crippen LogP contribution in [0.2, 0.25) is 0 Å². The molecule has 1 saturated carbocycles. The van der Waals surface area contributed by atoms with E-state index in [0.717, 1.165) is 25.7 Å². The van der Waals surface area contributed by atoms with Crippen LogP contribution in [0.3, 0.4) is 0 Å². The summed E-state index contributed by atoms with van der Waals surface area (Å²) in [5.41, 5.74) is 2.70. The predicted octanol–water partition coefficient (Wildman–Crippen LogP) is 3.80. The maximum absolute atomic E-state index is 13.9. The largest absolute Gasteiger partial charge is 0.497 e. The molecule has 8 nitrogen and oxygen atoms in total. The van der Waals surface area contributed by atoms with Gasteiger partial charge in [-0.05, 0) is 51.0 Å². The number of esters is 2. The van der Waals surface area contributed by atoms with Crippen molar-refractivity contribution in [2.75, 3.05) is 21.3 Å². The first kappa shape index (κ1) is 24.8. The van der Waals surface area contributed by atoms with E-state index >= 15 is 0 Å². The first-order chi connectivity index (χ1) is 16.8. The third kappa shape index (κ3) is 4.54. The fourth-order valence-electron chi connectivity index (χ4n) is 5.54. The molecule has 0 bridgehead atoms. The van der Waals surface area contributed by atoms with Crippen molar-refractivity contribution < 1.29 is 33.3 Å². The van der Waals surface area contributed by atoms with E-state index in [1.54, 1.807) is 25.3 Å². The van der Waals surface area contributed by atoms with Crippen LogP contribution < -0.4 is 14.8 Å². The Morgan fingerprint density at radius 1 is 1.06 bits per heavy atom. The van der Waals surface area contributed by atoms with E-state index in [0.29, 0.717) is 46.0 Å². The van der Waals surface area contributed by atoms with Crippen molar-refractivity contribution >= 4 is 17.7 Å². The highest BCUT2D eigenvalue weighted by Crippen LogP contribution is 2.48. The van der Waals surface area contributed by atoms with Gasteiger partial charge in [-0.1, -0.05) is 13.0 Å². The smallest absolute Gasteiger partial charge is 0.337 e. The summed E-state index contributed by atoms with van der Waals surface area (Å²) >= 11 is 0. The average molecular weight is 484 g/mol. The number of Topliss-reactive ketones (excluding diaryl/α,β-unsaturated/α-hetero) is 1. The van der Waals surface area contributed by atoms with Crippen LogP contribution in [0.4, 0.5) is 0 Å². The molecule has 0 unspecified atom stereocenters. The topological polar surface area (TPSA) is 100 Å². The molecule has 0 amide bonds. The molecule has 1 N–H and O–H groups in total. The molecule has 3 aliphatic rings. The van der Waals surface area contributed by atoms with E-state index in [1.165, 1.54) is 14.2 Å². The van der Waals surface area contributed by atoms with Gasteiger partial charge in [-0.2, -0.15) is 0 Å². The van der Waals surface area contributed by atoms with Crippen LogP contribution in [0.1, 0.15) is 57.4 Å². The third-order valence-corrected chi connectivity index (χ3v) is 7.29. The number of carbonyl (C=O) groups is 3. The fourth-order valence-corrected chi connectivity index (χ4v) is 5.54. The predicted molar refractivity (Wildman–Crippen MR) is 128 cm³/mol. The van der Waals surface area contributed by atoms with Crippen LogP contribution in [0.15, 0.2) is 40.7 Å². The van der Waals surface area contributed by atoms with Gasteiger partial charge >= 0.3 is 11.9 Å². The molecule has 35 heavy (non-hydrogen) atoms. The molecule has 1 heterocycles. The molecule has 1 aromatic rings. The highest BCUT2D eigenvalue weighted by molar-refractivity contribution is 6.12. The van der Waals surface area contributed by atoms with Crippen molar-refractivity contribution in [3.8, 4) is 11.5 Å². The van der Waals surface area contributed by atoms with E-state index < -0.39 is 23.8 Å². The lowest BCUT2D eigenvalue weighted by molar-refractivity contribution is -0.151. The number of rotatable bonds is 6. The van der Waals surface area contributed by atoms with Gasteiger partial charge in [0.1, 0.15) is 23.5 Å². The van der Waals surface area contributed by atoms with Crippen LogP contribution in [0, 0.1) is 11.8 Å². The minimum Gasteiger partial charge on any atom is -0.497 e. The third-order valence-electron chi connectivity index (χ3n) is 7.29. The molecule has 188 valence electrons. The molecule has 8 heteroatoms. The molecule has 1 aromatic carbocycles. The summed E-state index contributed by atoms with van der Waals surface area (Å²) in [6.45, 7) is 3.68. The Morgan fingerprint density at radius 3 is 2.40 bits per heavy atom. The zero-order chi connectivity index (χ0) is 25.3. The van der Waals surface area contributed by atoms with Crippen molar-refractivity contribution in [1.82, 2.24) is 5.32 Å². The van der Waals surface area contributed by atoms with Crippen LogP contribution in [-0.4, -0.2) is 45.2 Å². The minimum absolute atomic E-state index is 0.138.